The third kappa shape index (κ3) is 7.36. The van der Waals surface area contributed by atoms with Crippen LogP contribution >= 0.6 is 15.9 Å². The number of alkyl halides is 1. The molecule has 0 N–H and O–H groups in total. The maximum atomic E-state index is 11.5. The van der Waals surface area contributed by atoms with Crippen LogP contribution in [0.25, 0.3) is 0 Å². The number of nitrogens with zero attached hydrogens (tertiary/aromatic N) is 1. The fraction of sp³-hybridized carbons (Fsp3) is 0.800. The molecule has 0 fully saturated rings. The van der Waals surface area contributed by atoms with Crippen molar-refractivity contribution in [3.05, 3.63) is 0 Å². The highest BCUT2D eigenvalue weighted by molar-refractivity contribution is 9.09. The summed E-state index contributed by atoms with van der Waals surface area (Å²) in [5, 5.41) is 0.905. The maximum Gasteiger partial charge on any atom is 0.325 e. The van der Waals surface area contributed by atoms with Gasteiger partial charge < -0.3 is 9.64 Å². The molecule has 0 aromatic rings. The first-order valence-electron chi connectivity index (χ1n) is 5.07. The normalized spacial score (nSPS) is 9.80. The lowest BCUT2D eigenvalue weighted by atomic mass is 10.2. The molecule has 88 valence electrons. The van der Waals surface area contributed by atoms with E-state index in [1.54, 1.807) is 14.0 Å². The standard InChI is InChI=1S/C10H18BrNO3/c1-3-15-10(14)8-12(2)9(13)6-4-5-7-11/h3-8H2,1-2H3. The molecule has 0 aliphatic carbocycles. The van der Waals surface area contributed by atoms with Gasteiger partial charge in [0.15, 0.2) is 0 Å². The molecule has 0 aromatic carbocycles. The second-order valence-electron chi connectivity index (χ2n) is 3.20. The smallest absolute Gasteiger partial charge is 0.325 e. The molecule has 0 radical (unpaired) electrons. The number of likely N-dealkylation sites (N-methyl/N-ethyl adjacent to an activating group) is 1. The van der Waals surface area contributed by atoms with E-state index in [0.717, 1.165) is 18.2 Å². The Morgan fingerprint density at radius 3 is 2.53 bits per heavy atom. The van der Waals surface area contributed by atoms with E-state index in [9.17, 15) is 9.59 Å². The molecular weight excluding hydrogens is 262 g/mol. The van der Waals surface area contributed by atoms with Crippen LogP contribution in [0.15, 0.2) is 0 Å². The number of hydrogen-bond acceptors (Lipinski definition) is 3. The SMILES string of the molecule is CCOC(=O)CN(C)C(=O)CCCCBr. The molecule has 0 heterocycles. The van der Waals surface area contributed by atoms with Crippen LogP contribution in [0.5, 0.6) is 0 Å². The zero-order chi connectivity index (χ0) is 11.7. The maximum absolute atomic E-state index is 11.5. The predicted octanol–water partition coefficient (Wildman–Crippen LogP) is 1.57. The number of amides is 1. The molecule has 0 bridgehead atoms. The molecule has 0 atom stereocenters. The van der Waals surface area contributed by atoms with E-state index < -0.39 is 0 Å². The van der Waals surface area contributed by atoms with E-state index in [4.69, 9.17) is 4.74 Å². The third-order valence-corrected chi connectivity index (χ3v) is 2.43. The van der Waals surface area contributed by atoms with Gasteiger partial charge in [0.05, 0.1) is 6.61 Å². The lowest BCUT2D eigenvalue weighted by molar-refractivity contribution is -0.148. The molecule has 0 rings (SSSR count). The first kappa shape index (κ1) is 14.4. The van der Waals surface area contributed by atoms with E-state index in [-0.39, 0.29) is 18.4 Å². The Balaban J connectivity index is 3.73. The lowest BCUT2D eigenvalue weighted by Crippen LogP contribution is -2.32. The van der Waals surface area contributed by atoms with Crippen molar-refractivity contribution >= 4 is 27.8 Å². The number of unbranched alkanes of at least 4 members (excludes halogenated alkanes) is 1. The van der Waals surface area contributed by atoms with Crippen molar-refractivity contribution in [3.8, 4) is 0 Å². The molecule has 0 aliphatic rings. The number of esters is 1. The molecule has 0 unspecified atom stereocenters. The van der Waals surface area contributed by atoms with Crippen molar-refractivity contribution in [1.29, 1.82) is 0 Å². The van der Waals surface area contributed by atoms with Gasteiger partial charge in [0, 0.05) is 18.8 Å². The minimum Gasteiger partial charge on any atom is -0.465 e. The summed E-state index contributed by atoms with van der Waals surface area (Å²) < 4.78 is 4.75. The number of ether oxygens (including phenoxy) is 1. The molecule has 0 aliphatic heterocycles. The zero-order valence-electron chi connectivity index (χ0n) is 9.29. The summed E-state index contributed by atoms with van der Waals surface area (Å²) in [6.07, 6.45) is 2.30. The number of carbonyl (C=O) groups excluding carboxylic acids is 2. The Kier molecular flexibility index (Phi) is 8.37. The zero-order valence-corrected chi connectivity index (χ0v) is 10.9. The van der Waals surface area contributed by atoms with Crippen molar-refractivity contribution in [2.24, 2.45) is 0 Å². The Morgan fingerprint density at radius 1 is 1.33 bits per heavy atom. The quantitative estimate of drug-likeness (QED) is 0.404. The van der Waals surface area contributed by atoms with Crippen molar-refractivity contribution in [3.63, 3.8) is 0 Å². The van der Waals surface area contributed by atoms with Gasteiger partial charge in [-0.1, -0.05) is 15.9 Å². The highest BCUT2D eigenvalue weighted by atomic mass is 79.9. The van der Waals surface area contributed by atoms with Crippen LogP contribution in [0.1, 0.15) is 26.2 Å². The van der Waals surface area contributed by atoms with Crippen LogP contribution in [0, 0.1) is 0 Å². The van der Waals surface area contributed by atoms with Gasteiger partial charge in [-0.15, -0.1) is 0 Å². The molecule has 0 spiro atoms. The van der Waals surface area contributed by atoms with Gasteiger partial charge in [0.1, 0.15) is 6.54 Å². The topological polar surface area (TPSA) is 46.6 Å². The second-order valence-corrected chi connectivity index (χ2v) is 3.99. The summed E-state index contributed by atoms with van der Waals surface area (Å²) in [5.41, 5.74) is 0. The van der Waals surface area contributed by atoms with Crippen LogP contribution in [0.4, 0.5) is 0 Å². The highest BCUT2D eigenvalue weighted by Crippen LogP contribution is 2.01. The van der Waals surface area contributed by atoms with Crippen LogP contribution in [-0.2, 0) is 14.3 Å². The molecule has 15 heavy (non-hydrogen) atoms. The fourth-order valence-corrected chi connectivity index (χ4v) is 1.45. The van der Waals surface area contributed by atoms with Gasteiger partial charge in [-0.25, -0.2) is 0 Å². The van der Waals surface area contributed by atoms with Crippen LogP contribution in [0.3, 0.4) is 0 Å². The number of rotatable bonds is 7. The van der Waals surface area contributed by atoms with E-state index >= 15 is 0 Å². The van der Waals surface area contributed by atoms with E-state index in [0.29, 0.717) is 13.0 Å². The van der Waals surface area contributed by atoms with Crippen molar-refractivity contribution in [2.45, 2.75) is 26.2 Å². The average molecular weight is 280 g/mol. The largest absolute Gasteiger partial charge is 0.465 e. The van der Waals surface area contributed by atoms with Gasteiger partial charge in [-0.3, -0.25) is 9.59 Å². The minimum atomic E-state index is -0.353. The minimum absolute atomic E-state index is 0.0102. The molecule has 0 saturated heterocycles. The summed E-state index contributed by atoms with van der Waals surface area (Å²) in [5.74, 6) is -0.363. The highest BCUT2D eigenvalue weighted by Gasteiger charge is 2.12. The Hall–Kier alpha value is -0.580. The number of hydrogen-bond donors (Lipinski definition) is 0. The fourth-order valence-electron chi connectivity index (χ4n) is 1.05. The first-order chi connectivity index (χ1) is 7.11. The molecular formula is C10H18BrNO3. The van der Waals surface area contributed by atoms with Gasteiger partial charge in [0.2, 0.25) is 5.91 Å². The number of carbonyl (C=O) groups is 2. The van der Waals surface area contributed by atoms with Crippen LogP contribution < -0.4 is 0 Å². The molecule has 0 aromatic heterocycles. The summed E-state index contributed by atoms with van der Waals surface area (Å²) >= 11 is 3.30. The van der Waals surface area contributed by atoms with Gasteiger partial charge >= 0.3 is 5.97 Å². The predicted molar refractivity (Wildman–Crippen MR) is 61.9 cm³/mol. The Labute approximate surface area is 99.1 Å². The summed E-state index contributed by atoms with van der Waals surface area (Å²) in [4.78, 5) is 23.9. The summed E-state index contributed by atoms with van der Waals surface area (Å²) in [7, 11) is 1.62. The monoisotopic (exact) mass is 279 g/mol. The second kappa shape index (κ2) is 8.71. The van der Waals surface area contributed by atoms with E-state index in [1.807, 2.05) is 0 Å². The average Bonchev–Trinajstić information content (AvgIpc) is 2.18. The van der Waals surface area contributed by atoms with Gasteiger partial charge in [0.25, 0.3) is 0 Å². The third-order valence-electron chi connectivity index (χ3n) is 1.87. The van der Waals surface area contributed by atoms with Crippen molar-refractivity contribution < 1.29 is 14.3 Å². The lowest BCUT2D eigenvalue weighted by Gasteiger charge is -2.15. The summed E-state index contributed by atoms with van der Waals surface area (Å²) in [6, 6.07) is 0. The van der Waals surface area contributed by atoms with Crippen LogP contribution in [-0.4, -0.2) is 42.3 Å². The molecule has 1 amide bonds. The Morgan fingerprint density at radius 2 is 2.00 bits per heavy atom. The van der Waals surface area contributed by atoms with Gasteiger partial charge in [-0.2, -0.15) is 0 Å². The number of halogens is 1. The van der Waals surface area contributed by atoms with Crippen molar-refractivity contribution in [2.75, 3.05) is 25.5 Å². The molecule has 0 saturated carbocycles. The van der Waals surface area contributed by atoms with E-state index in [1.165, 1.54) is 4.90 Å². The molecule has 4 nitrogen and oxygen atoms in total. The van der Waals surface area contributed by atoms with Crippen molar-refractivity contribution in [1.82, 2.24) is 4.90 Å². The summed E-state index contributed by atoms with van der Waals surface area (Å²) in [6.45, 7) is 2.14. The van der Waals surface area contributed by atoms with Gasteiger partial charge in [-0.05, 0) is 19.8 Å². The van der Waals surface area contributed by atoms with E-state index in [2.05, 4.69) is 15.9 Å². The van der Waals surface area contributed by atoms with Crippen LogP contribution in [0.2, 0.25) is 0 Å². The Bertz CT molecular complexity index is 209. The first-order valence-corrected chi connectivity index (χ1v) is 6.19. The molecule has 5 heteroatoms.